The molecule has 5 nitrogen and oxygen atoms in total. The summed E-state index contributed by atoms with van der Waals surface area (Å²) >= 11 is 6.03. The van der Waals surface area contributed by atoms with Gasteiger partial charge < -0.3 is 9.88 Å². The maximum atomic E-state index is 14.1. The topological polar surface area (TPSA) is 54.3 Å². The minimum absolute atomic E-state index is 0.133. The molecule has 0 aliphatic carbocycles. The van der Waals surface area contributed by atoms with E-state index in [1.54, 1.807) is 24.3 Å². The highest BCUT2D eigenvalue weighted by Gasteiger charge is 2.34. The highest BCUT2D eigenvalue weighted by atomic mass is 35.5. The van der Waals surface area contributed by atoms with Gasteiger partial charge in [-0.3, -0.25) is 9.69 Å². The third kappa shape index (κ3) is 3.97. The molecule has 0 atom stereocenters. The Bertz CT molecular complexity index is 1460. The minimum atomic E-state index is -0.568. The lowest BCUT2D eigenvalue weighted by atomic mass is 10.1. The number of hydrogen-bond donors (Lipinski definition) is 1. The number of hydrogen-bond acceptors (Lipinski definition) is 2. The number of para-hydroxylation sites is 1. The Kier molecular flexibility index (Phi) is 5.67. The first-order valence-corrected chi connectivity index (χ1v) is 11.2. The number of halogens is 2. The van der Waals surface area contributed by atoms with E-state index >= 15 is 0 Å². The van der Waals surface area contributed by atoms with Crippen molar-refractivity contribution in [2.45, 2.75) is 20.0 Å². The molecular weight excluding hydrogens is 453 g/mol. The molecule has 1 aliphatic rings. The van der Waals surface area contributed by atoms with Gasteiger partial charge in [-0.2, -0.15) is 0 Å². The van der Waals surface area contributed by atoms with Gasteiger partial charge in [-0.1, -0.05) is 60.1 Å². The molecule has 1 N–H and O–H groups in total. The van der Waals surface area contributed by atoms with Crippen LogP contribution < -0.4 is 5.32 Å². The molecule has 2 heterocycles. The van der Waals surface area contributed by atoms with Gasteiger partial charge in [0.1, 0.15) is 11.5 Å². The van der Waals surface area contributed by atoms with Gasteiger partial charge in [0.25, 0.3) is 5.91 Å². The maximum absolute atomic E-state index is 14.1. The molecule has 1 aliphatic heterocycles. The first-order valence-electron chi connectivity index (χ1n) is 10.8. The molecule has 0 bridgehead atoms. The Hall–Kier alpha value is -3.90. The van der Waals surface area contributed by atoms with Crippen molar-refractivity contribution in [3.8, 4) is 0 Å². The molecular formula is C27H21ClFN3O2. The molecule has 5 rings (SSSR count). The second kappa shape index (κ2) is 8.80. The highest BCUT2D eigenvalue weighted by Crippen LogP contribution is 2.30. The van der Waals surface area contributed by atoms with E-state index in [1.165, 1.54) is 6.07 Å². The van der Waals surface area contributed by atoms with Gasteiger partial charge >= 0.3 is 6.03 Å². The fourth-order valence-corrected chi connectivity index (χ4v) is 4.40. The number of carbonyl (C=O) groups is 2. The van der Waals surface area contributed by atoms with E-state index < -0.39 is 17.8 Å². The molecule has 0 saturated carbocycles. The molecule has 1 saturated heterocycles. The monoisotopic (exact) mass is 473 g/mol. The Balaban J connectivity index is 1.51. The number of benzene rings is 3. The minimum Gasteiger partial charge on any atom is -0.340 e. The largest absolute Gasteiger partial charge is 0.340 e. The fraction of sp³-hybridized carbons (Fsp3) is 0.111. The van der Waals surface area contributed by atoms with E-state index in [2.05, 4.69) is 9.88 Å². The zero-order chi connectivity index (χ0) is 23.8. The quantitative estimate of drug-likeness (QED) is 0.290. The molecule has 1 aromatic heterocycles. The van der Waals surface area contributed by atoms with Crippen molar-refractivity contribution in [1.82, 2.24) is 14.8 Å². The fourth-order valence-electron chi connectivity index (χ4n) is 4.27. The van der Waals surface area contributed by atoms with Crippen LogP contribution in [0.15, 0.2) is 78.5 Å². The van der Waals surface area contributed by atoms with Crippen molar-refractivity contribution in [3.05, 3.63) is 112 Å². The van der Waals surface area contributed by atoms with E-state index in [0.717, 1.165) is 32.6 Å². The van der Waals surface area contributed by atoms with Crippen molar-refractivity contribution in [3.63, 3.8) is 0 Å². The first kappa shape index (κ1) is 21.9. The molecule has 0 radical (unpaired) electrons. The standard InChI is InChI=1S/C27H21ClFN3O2/c1-17-22(14-24-26(33)32(27(34)30-24)16-19-6-2-4-8-23(19)29)21-7-3-5-9-25(21)31(17)15-18-10-12-20(28)13-11-18/h2-14H,15-16H2,1H3,(H,30,34)/b24-14+. The van der Waals surface area contributed by atoms with Gasteiger partial charge in [0.05, 0.1) is 6.54 Å². The molecule has 3 aromatic carbocycles. The average Bonchev–Trinajstić information content (AvgIpc) is 3.25. The van der Waals surface area contributed by atoms with E-state index in [9.17, 15) is 14.0 Å². The number of imide groups is 1. The van der Waals surface area contributed by atoms with Crippen LogP contribution in [0.1, 0.15) is 22.4 Å². The number of urea groups is 1. The Morgan fingerprint density at radius 1 is 0.941 bits per heavy atom. The number of aromatic nitrogens is 1. The van der Waals surface area contributed by atoms with E-state index in [0.29, 0.717) is 11.6 Å². The lowest BCUT2D eigenvalue weighted by Crippen LogP contribution is -2.30. The Morgan fingerprint density at radius 3 is 2.41 bits per heavy atom. The zero-order valence-electron chi connectivity index (χ0n) is 18.4. The van der Waals surface area contributed by atoms with Crippen molar-refractivity contribution in [2.24, 2.45) is 0 Å². The number of rotatable bonds is 5. The highest BCUT2D eigenvalue weighted by molar-refractivity contribution is 6.30. The number of nitrogens with one attached hydrogen (secondary N) is 1. The summed E-state index contributed by atoms with van der Waals surface area (Å²) < 4.78 is 16.2. The second-order valence-corrected chi connectivity index (χ2v) is 8.64. The van der Waals surface area contributed by atoms with Crippen molar-refractivity contribution in [1.29, 1.82) is 0 Å². The lowest BCUT2D eigenvalue weighted by molar-refractivity contribution is -0.123. The van der Waals surface area contributed by atoms with E-state index in [4.69, 9.17) is 11.6 Å². The van der Waals surface area contributed by atoms with Crippen LogP contribution in [0.2, 0.25) is 5.02 Å². The van der Waals surface area contributed by atoms with Crippen LogP contribution >= 0.6 is 11.6 Å². The summed E-state index contributed by atoms with van der Waals surface area (Å²) in [4.78, 5) is 26.6. The SMILES string of the molecule is Cc1c(/C=C2/NC(=O)N(Cc3ccccc3F)C2=O)c2ccccc2n1Cc1ccc(Cl)cc1. The summed E-state index contributed by atoms with van der Waals surface area (Å²) in [5, 5.41) is 4.30. The predicted octanol–water partition coefficient (Wildman–Crippen LogP) is 5.88. The van der Waals surface area contributed by atoms with Crippen molar-refractivity contribution in [2.75, 3.05) is 0 Å². The van der Waals surface area contributed by atoms with Crippen molar-refractivity contribution < 1.29 is 14.0 Å². The van der Waals surface area contributed by atoms with Crippen LogP contribution in [0.5, 0.6) is 0 Å². The van der Waals surface area contributed by atoms with Gasteiger partial charge in [0, 0.05) is 39.3 Å². The van der Waals surface area contributed by atoms with Gasteiger partial charge in [-0.15, -0.1) is 0 Å². The first-order chi connectivity index (χ1) is 16.4. The molecule has 1 fully saturated rings. The Labute approximate surface area is 201 Å². The molecule has 7 heteroatoms. The van der Waals surface area contributed by atoms with Gasteiger partial charge in [0.15, 0.2) is 0 Å². The number of carbonyl (C=O) groups excluding carboxylic acids is 2. The second-order valence-electron chi connectivity index (χ2n) is 8.20. The lowest BCUT2D eigenvalue weighted by Gasteiger charge is -2.12. The third-order valence-electron chi connectivity index (χ3n) is 6.07. The summed E-state index contributed by atoms with van der Waals surface area (Å²) in [5.41, 5.74) is 4.36. The van der Waals surface area contributed by atoms with Crippen LogP contribution in [0.4, 0.5) is 9.18 Å². The molecule has 0 spiro atoms. The number of amides is 3. The smallest absolute Gasteiger partial charge is 0.329 e. The normalized spacial score (nSPS) is 14.9. The van der Waals surface area contributed by atoms with Crippen LogP contribution in [0.25, 0.3) is 17.0 Å². The zero-order valence-corrected chi connectivity index (χ0v) is 19.1. The molecule has 34 heavy (non-hydrogen) atoms. The average molecular weight is 474 g/mol. The van der Waals surface area contributed by atoms with Crippen LogP contribution in [0.3, 0.4) is 0 Å². The van der Waals surface area contributed by atoms with Gasteiger partial charge in [0.2, 0.25) is 0 Å². The maximum Gasteiger partial charge on any atom is 0.329 e. The summed E-state index contributed by atoms with van der Waals surface area (Å²) in [5.74, 6) is -0.941. The molecule has 3 amide bonds. The molecule has 170 valence electrons. The summed E-state index contributed by atoms with van der Waals surface area (Å²) in [6, 6.07) is 21.2. The predicted molar refractivity (Wildman–Crippen MR) is 131 cm³/mol. The van der Waals surface area contributed by atoms with Gasteiger partial charge in [-0.25, -0.2) is 9.18 Å². The number of nitrogens with zero attached hydrogens (tertiary/aromatic N) is 2. The molecule has 4 aromatic rings. The van der Waals surface area contributed by atoms with Crippen LogP contribution in [0, 0.1) is 12.7 Å². The van der Waals surface area contributed by atoms with E-state index in [1.807, 2.05) is 55.5 Å². The van der Waals surface area contributed by atoms with Crippen molar-refractivity contribution >= 4 is 40.5 Å². The third-order valence-corrected chi connectivity index (χ3v) is 6.32. The van der Waals surface area contributed by atoms with E-state index in [-0.39, 0.29) is 17.8 Å². The summed E-state index contributed by atoms with van der Waals surface area (Å²) in [6.07, 6.45) is 1.71. The number of fused-ring (bicyclic) bond motifs is 1. The Morgan fingerprint density at radius 2 is 1.65 bits per heavy atom. The summed E-state index contributed by atoms with van der Waals surface area (Å²) in [6.45, 7) is 2.49. The van der Waals surface area contributed by atoms with Crippen LogP contribution in [-0.2, 0) is 17.9 Å². The molecule has 0 unspecified atom stereocenters. The van der Waals surface area contributed by atoms with Crippen LogP contribution in [-0.4, -0.2) is 21.4 Å². The van der Waals surface area contributed by atoms with Gasteiger partial charge in [-0.05, 0) is 42.8 Å². The summed E-state index contributed by atoms with van der Waals surface area (Å²) in [7, 11) is 0.